The summed E-state index contributed by atoms with van der Waals surface area (Å²) in [5.74, 6) is 0. The van der Waals surface area contributed by atoms with E-state index in [9.17, 15) is 19.3 Å². The monoisotopic (exact) mass is 302 g/mol. The van der Waals surface area contributed by atoms with Crippen molar-refractivity contribution in [2.75, 3.05) is 6.61 Å². The van der Waals surface area contributed by atoms with Crippen molar-refractivity contribution in [3.05, 3.63) is 22.0 Å². The predicted molar refractivity (Wildman–Crippen MR) is 67.6 cm³/mol. The lowest BCUT2D eigenvalue weighted by Crippen LogP contribution is -2.41. The predicted octanol–water partition coefficient (Wildman–Crippen LogP) is 1.15. The van der Waals surface area contributed by atoms with Crippen LogP contribution in [-0.4, -0.2) is 44.7 Å². The van der Waals surface area contributed by atoms with Gasteiger partial charge in [0.25, 0.3) is 0 Å². The standard InChI is InChI=1S/C11H15FN4O5/c1-15-10(8(5-13-15)16(19)20)9-4-7(14-11(17)18)6(12)2-3-21-9/h5-7,9,14H,2-4H2,1H3,(H,17,18). The van der Waals surface area contributed by atoms with Gasteiger partial charge in [0.1, 0.15) is 24.2 Å². The van der Waals surface area contributed by atoms with Crippen molar-refractivity contribution >= 4 is 11.8 Å². The molecule has 1 aromatic rings. The summed E-state index contributed by atoms with van der Waals surface area (Å²) in [7, 11) is 1.52. The van der Waals surface area contributed by atoms with Crippen LogP contribution in [0.5, 0.6) is 0 Å². The number of aryl methyl sites for hydroxylation is 1. The Morgan fingerprint density at radius 3 is 3.05 bits per heavy atom. The molecule has 0 radical (unpaired) electrons. The first-order chi connectivity index (χ1) is 9.90. The highest BCUT2D eigenvalue weighted by Crippen LogP contribution is 2.33. The molecule has 21 heavy (non-hydrogen) atoms. The van der Waals surface area contributed by atoms with Crippen molar-refractivity contribution in [2.24, 2.45) is 7.05 Å². The number of halogens is 1. The van der Waals surface area contributed by atoms with E-state index in [1.165, 1.54) is 11.7 Å². The average Bonchev–Trinajstić information content (AvgIpc) is 2.69. The Hall–Kier alpha value is -2.23. The average molecular weight is 302 g/mol. The van der Waals surface area contributed by atoms with E-state index >= 15 is 0 Å². The number of hydrogen-bond acceptors (Lipinski definition) is 5. The summed E-state index contributed by atoms with van der Waals surface area (Å²) < 4.78 is 20.6. The zero-order chi connectivity index (χ0) is 15.6. The summed E-state index contributed by atoms with van der Waals surface area (Å²) in [6.07, 6.45) is -2.46. The molecule has 2 rings (SSSR count). The number of ether oxygens (including phenoxy) is 1. The molecule has 3 atom stereocenters. The third kappa shape index (κ3) is 3.27. The minimum Gasteiger partial charge on any atom is -0.465 e. The minimum atomic E-state index is -1.40. The second-order valence-electron chi connectivity index (χ2n) is 4.75. The minimum absolute atomic E-state index is 0.0209. The molecule has 1 aliphatic heterocycles. The van der Waals surface area contributed by atoms with Gasteiger partial charge >= 0.3 is 11.8 Å². The van der Waals surface area contributed by atoms with Crippen molar-refractivity contribution in [3.8, 4) is 0 Å². The summed E-state index contributed by atoms with van der Waals surface area (Å²) in [6.45, 7) is 0.0476. The van der Waals surface area contributed by atoms with E-state index in [2.05, 4.69) is 10.4 Å². The maximum atomic E-state index is 13.9. The van der Waals surface area contributed by atoms with E-state index in [1.54, 1.807) is 0 Å². The van der Waals surface area contributed by atoms with Crippen LogP contribution in [0.3, 0.4) is 0 Å². The number of carbonyl (C=O) groups is 1. The van der Waals surface area contributed by atoms with E-state index in [1.807, 2.05) is 0 Å². The van der Waals surface area contributed by atoms with Crippen LogP contribution in [0.25, 0.3) is 0 Å². The van der Waals surface area contributed by atoms with Gasteiger partial charge in [-0.1, -0.05) is 0 Å². The first-order valence-corrected chi connectivity index (χ1v) is 6.31. The first kappa shape index (κ1) is 15.2. The van der Waals surface area contributed by atoms with E-state index in [0.29, 0.717) is 0 Å². The normalized spacial score (nSPS) is 26.1. The molecule has 10 heteroatoms. The SMILES string of the molecule is Cn1ncc([N+](=O)[O-])c1C1CC(NC(=O)O)C(F)CCO1. The molecule has 1 aliphatic rings. The molecule has 0 aliphatic carbocycles. The van der Waals surface area contributed by atoms with Crippen LogP contribution < -0.4 is 5.32 Å². The Morgan fingerprint density at radius 1 is 1.71 bits per heavy atom. The zero-order valence-corrected chi connectivity index (χ0v) is 11.2. The molecule has 2 heterocycles. The molecular weight excluding hydrogens is 287 g/mol. The lowest BCUT2D eigenvalue weighted by molar-refractivity contribution is -0.386. The van der Waals surface area contributed by atoms with Crippen molar-refractivity contribution in [1.29, 1.82) is 0 Å². The molecule has 1 saturated heterocycles. The van der Waals surface area contributed by atoms with Gasteiger partial charge in [-0.3, -0.25) is 14.8 Å². The summed E-state index contributed by atoms with van der Waals surface area (Å²) in [5, 5.41) is 25.7. The van der Waals surface area contributed by atoms with Crippen LogP contribution in [0.2, 0.25) is 0 Å². The second kappa shape index (κ2) is 6.04. The maximum absolute atomic E-state index is 13.9. The fourth-order valence-electron chi connectivity index (χ4n) is 2.42. The number of alkyl halides is 1. The molecule has 2 N–H and O–H groups in total. The van der Waals surface area contributed by atoms with E-state index in [4.69, 9.17) is 9.84 Å². The molecule has 9 nitrogen and oxygen atoms in total. The molecular formula is C11H15FN4O5. The van der Waals surface area contributed by atoms with Gasteiger partial charge in [0.05, 0.1) is 17.6 Å². The summed E-state index contributed by atoms with van der Waals surface area (Å²) >= 11 is 0. The van der Waals surface area contributed by atoms with Crippen LogP contribution in [0.15, 0.2) is 6.20 Å². The Labute approximate surface area is 118 Å². The number of nitrogens with zero attached hydrogens (tertiary/aromatic N) is 3. The number of hydrogen-bond donors (Lipinski definition) is 2. The number of aromatic nitrogens is 2. The highest BCUT2D eigenvalue weighted by Gasteiger charge is 2.35. The van der Waals surface area contributed by atoms with Gasteiger partial charge in [-0.05, 0) is 0 Å². The van der Waals surface area contributed by atoms with Crippen LogP contribution in [0.4, 0.5) is 14.9 Å². The molecule has 1 amide bonds. The van der Waals surface area contributed by atoms with Gasteiger partial charge in [0.2, 0.25) is 0 Å². The van der Waals surface area contributed by atoms with Crippen molar-refractivity contribution in [3.63, 3.8) is 0 Å². The highest BCUT2D eigenvalue weighted by molar-refractivity contribution is 5.65. The summed E-state index contributed by atoms with van der Waals surface area (Å²) in [5.41, 5.74) is -0.0276. The fraction of sp³-hybridized carbons (Fsp3) is 0.636. The Bertz CT molecular complexity index is 549. The number of carboxylic acid groups (broad SMARTS) is 1. The summed E-state index contributed by atoms with van der Waals surface area (Å²) in [6, 6.07) is -0.982. The molecule has 1 aromatic heterocycles. The van der Waals surface area contributed by atoms with Crippen molar-refractivity contribution in [1.82, 2.24) is 15.1 Å². The van der Waals surface area contributed by atoms with Gasteiger partial charge in [-0.2, -0.15) is 5.10 Å². The quantitative estimate of drug-likeness (QED) is 0.638. The van der Waals surface area contributed by atoms with E-state index < -0.39 is 29.3 Å². The smallest absolute Gasteiger partial charge is 0.404 e. The van der Waals surface area contributed by atoms with Gasteiger partial charge in [-0.25, -0.2) is 9.18 Å². The lowest BCUT2D eigenvalue weighted by Gasteiger charge is -2.21. The fourth-order valence-corrected chi connectivity index (χ4v) is 2.42. The molecule has 0 aromatic carbocycles. The van der Waals surface area contributed by atoms with Gasteiger partial charge in [-0.15, -0.1) is 0 Å². The van der Waals surface area contributed by atoms with Gasteiger partial charge < -0.3 is 15.2 Å². The number of amides is 1. The Morgan fingerprint density at radius 2 is 2.43 bits per heavy atom. The Kier molecular flexibility index (Phi) is 4.36. The second-order valence-corrected chi connectivity index (χ2v) is 4.75. The third-order valence-corrected chi connectivity index (χ3v) is 3.39. The topological polar surface area (TPSA) is 120 Å². The number of nitro groups is 1. The van der Waals surface area contributed by atoms with Crippen molar-refractivity contribution in [2.45, 2.75) is 31.2 Å². The maximum Gasteiger partial charge on any atom is 0.404 e. The highest BCUT2D eigenvalue weighted by atomic mass is 19.1. The van der Waals surface area contributed by atoms with Crippen molar-refractivity contribution < 1.29 is 24.0 Å². The first-order valence-electron chi connectivity index (χ1n) is 6.31. The molecule has 0 spiro atoms. The van der Waals surface area contributed by atoms with Gasteiger partial charge in [0.15, 0.2) is 0 Å². The summed E-state index contributed by atoms with van der Waals surface area (Å²) in [4.78, 5) is 21.1. The van der Waals surface area contributed by atoms with Crippen LogP contribution >= 0.6 is 0 Å². The molecule has 0 bridgehead atoms. The number of nitrogens with one attached hydrogen (secondary N) is 1. The largest absolute Gasteiger partial charge is 0.465 e. The molecule has 0 saturated carbocycles. The molecule has 1 fully saturated rings. The Balaban J connectivity index is 2.28. The lowest BCUT2D eigenvalue weighted by atomic mass is 10.0. The van der Waals surface area contributed by atoms with E-state index in [-0.39, 0.29) is 30.8 Å². The zero-order valence-electron chi connectivity index (χ0n) is 11.2. The van der Waals surface area contributed by atoms with Crippen LogP contribution in [0.1, 0.15) is 24.6 Å². The van der Waals surface area contributed by atoms with Crippen LogP contribution in [0, 0.1) is 10.1 Å². The third-order valence-electron chi connectivity index (χ3n) is 3.39. The van der Waals surface area contributed by atoms with E-state index in [0.717, 1.165) is 6.20 Å². The van der Waals surface area contributed by atoms with Crippen LogP contribution in [-0.2, 0) is 11.8 Å². The molecule has 116 valence electrons. The van der Waals surface area contributed by atoms with Gasteiger partial charge in [0, 0.05) is 19.9 Å². The molecule has 3 unspecified atom stereocenters. The number of rotatable bonds is 3.